The summed E-state index contributed by atoms with van der Waals surface area (Å²) in [5, 5.41) is 20.8. The van der Waals surface area contributed by atoms with Gasteiger partial charge in [-0.1, -0.05) is 12.1 Å². The molecule has 7 heteroatoms. The number of carbonyl (C=O) groups is 2. The number of amides is 1. The van der Waals surface area contributed by atoms with E-state index >= 15 is 0 Å². The number of para-hydroxylation sites is 1. The van der Waals surface area contributed by atoms with Crippen LogP contribution in [0.25, 0.3) is 11.0 Å². The number of rotatable bonds is 4. The Morgan fingerprint density at radius 2 is 2.00 bits per heavy atom. The number of fused-ring (bicyclic) bond motifs is 1. The van der Waals surface area contributed by atoms with Crippen molar-refractivity contribution < 1.29 is 24.2 Å². The van der Waals surface area contributed by atoms with Crippen molar-refractivity contribution in [1.29, 1.82) is 0 Å². The van der Waals surface area contributed by atoms with Crippen LogP contribution in [0.3, 0.4) is 0 Å². The van der Waals surface area contributed by atoms with Crippen molar-refractivity contribution in [1.82, 2.24) is 5.32 Å². The molecule has 21 heavy (non-hydrogen) atoms. The maximum absolute atomic E-state index is 11.9. The molecule has 110 valence electrons. The lowest BCUT2D eigenvalue weighted by molar-refractivity contribution is -0.155. The number of carboxylic acid groups (broad SMARTS) is 1. The predicted octanol–water partition coefficient (Wildman–Crippen LogP) is 0.358. The van der Waals surface area contributed by atoms with E-state index in [1.165, 1.54) is 0 Å². The molecule has 0 saturated heterocycles. The average Bonchev–Trinajstić information content (AvgIpc) is 2.44. The van der Waals surface area contributed by atoms with Crippen molar-refractivity contribution in [3.05, 3.63) is 46.3 Å². The van der Waals surface area contributed by atoms with E-state index < -0.39 is 24.0 Å². The van der Waals surface area contributed by atoms with Crippen molar-refractivity contribution in [3.63, 3.8) is 0 Å². The number of aliphatic hydroxyl groups is 1. The molecule has 1 amide bonds. The van der Waals surface area contributed by atoms with Crippen molar-refractivity contribution in [3.8, 4) is 0 Å². The summed E-state index contributed by atoms with van der Waals surface area (Å²) in [5.41, 5.74) is -2.24. The molecular weight excluding hydrogens is 278 g/mol. The zero-order valence-electron chi connectivity index (χ0n) is 11.1. The fourth-order valence-corrected chi connectivity index (χ4v) is 1.63. The van der Waals surface area contributed by atoms with Gasteiger partial charge in [-0.25, -0.2) is 4.79 Å². The fourth-order valence-electron chi connectivity index (χ4n) is 1.63. The fraction of sp³-hybridized carbons (Fsp3) is 0.214. The first-order valence-electron chi connectivity index (χ1n) is 6.08. The van der Waals surface area contributed by atoms with Crippen LogP contribution in [0.4, 0.5) is 0 Å². The van der Waals surface area contributed by atoms with Crippen LogP contribution < -0.4 is 10.7 Å². The minimum Gasteiger partial charge on any atom is -0.479 e. The first-order valence-corrected chi connectivity index (χ1v) is 6.08. The van der Waals surface area contributed by atoms with Crippen LogP contribution in [0, 0.1) is 0 Å². The van der Waals surface area contributed by atoms with Gasteiger partial charge in [0.25, 0.3) is 5.91 Å². The monoisotopic (exact) mass is 291 g/mol. The van der Waals surface area contributed by atoms with E-state index in [0.717, 1.165) is 13.0 Å². The first kappa shape index (κ1) is 14.7. The third-order valence-electron chi connectivity index (χ3n) is 2.91. The molecule has 1 heterocycles. The molecule has 1 atom stereocenters. The minimum absolute atomic E-state index is 0.250. The third kappa shape index (κ3) is 3.09. The summed E-state index contributed by atoms with van der Waals surface area (Å²) >= 11 is 0. The normalized spacial score (nSPS) is 13.6. The highest BCUT2D eigenvalue weighted by molar-refractivity contribution is 5.93. The molecule has 0 fully saturated rings. The molecule has 0 aliphatic heterocycles. The summed E-state index contributed by atoms with van der Waals surface area (Å²) < 4.78 is 5.29. The quantitative estimate of drug-likeness (QED) is 0.748. The van der Waals surface area contributed by atoms with Gasteiger partial charge in [-0.05, 0) is 19.1 Å². The Bertz CT molecular complexity index is 761. The van der Waals surface area contributed by atoms with Crippen molar-refractivity contribution in [2.24, 2.45) is 0 Å². The van der Waals surface area contributed by atoms with Gasteiger partial charge in [-0.2, -0.15) is 0 Å². The molecule has 3 N–H and O–H groups in total. The second kappa shape index (κ2) is 5.37. The Labute approximate surface area is 118 Å². The molecule has 0 aliphatic rings. The van der Waals surface area contributed by atoms with E-state index in [4.69, 9.17) is 9.52 Å². The number of carboxylic acids is 1. The summed E-state index contributed by atoms with van der Waals surface area (Å²) in [7, 11) is 0. The third-order valence-corrected chi connectivity index (χ3v) is 2.91. The second-order valence-corrected chi connectivity index (χ2v) is 4.73. The van der Waals surface area contributed by atoms with Crippen LogP contribution >= 0.6 is 0 Å². The lowest BCUT2D eigenvalue weighted by Crippen LogP contribution is -2.46. The van der Waals surface area contributed by atoms with Crippen LogP contribution in [0.15, 0.2) is 39.5 Å². The summed E-state index contributed by atoms with van der Waals surface area (Å²) in [5.74, 6) is -2.50. The van der Waals surface area contributed by atoms with Gasteiger partial charge in [-0.3, -0.25) is 9.59 Å². The maximum atomic E-state index is 11.9. The molecule has 2 aromatic rings. The Kier molecular flexibility index (Phi) is 3.77. The molecule has 0 aliphatic carbocycles. The predicted molar refractivity (Wildman–Crippen MR) is 73.1 cm³/mol. The lowest BCUT2D eigenvalue weighted by Gasteiger charge is -2.17. The first-order chi connectivity index (χ1) is 9.81. The molecule has 0 bridgehead atoms. The summed E-state index contributed by atoms with van der Waals surface area (Å²) in [6.45, 7) is 0.532. The Hall–Kier alpha value is -2.67. The molecule has 2 rings (SSSR count). The Morgan fingerprint density at radius 3 is 2.67 bits per heavy atom. The summed E-state index contributed by atoms with van der Waals surface area (Å²) in [4.78, 5) is 34.4. The average molecular weight is 291 g/mol. The second-order valence-electron chi connectivity index (χ2n) is 4.73. The number of nitrogens with one attached hydrogen (secondary N) is 1. The van der Waals surface area contributed by atoms with Gasteiger partial charge in [0.15, 0.2) is 16.8 Å². The summed E-state index contributed by atoms with van der Waals surface area (Å²) in [6, 6.07) is 7.46. The van der Waals surface area contributed by atoms with E-state index in [-0.39, 0.29) is 16.8 Å². The number of hydrogen-bond donors (Lipinski definition) is 3. The molecule has 7 nitrogen and oxygen atoms in total. The minimum atomic E-state index is -2.10. The number of hydrogen-bond acceptors (Lipinski definition) is 5. The standard InChI is InChI=1S/C14H13NO6/c1-14(20,13(18)19)7-15-12(17)11-6-9(16)8-4-2-3-5-10(8)21-11/h2-6,20H,7H2,1H3,(H,15,17)(H,18,19). The van der Waals surface area contributed by atoms with E-state index in [1.807, 2.05) is 0 Å². The van der Waals surface area contributed by atoms with Crippen LogP contribution in [0.5, 0.6) is 0 Å². The van der Waals surface area contributed by atoms with Gasteiger partial charge < -0.3 is 19.9 Å². The van der Waals surface area contributed by atoms with E-state index in [9.17, 15) is 19.5 Å². The number of carbonyl (C=O) groups excluding carboxylic acids is 1. The Balaban J connectivity index is 2.24. The SMILES string of the molecule is CC(O)(CNC(=O)c1cc(=O)c2ccccc2o1)C(=O)O. The molecule has 0 saturated carbocycles. The zero-order chi connectivity index (χ0) is 15.6. The van der Waals surface area contributed by atoms with Crippen molar-refractivity contribution in [2.45, 2.75) is 12.5 Å². The molecular formula is C14H13NO6. The van der Waals surface area contributed by atoms with Crippen molar-refractivity contribution >= 4 is 22.8 Å². The van der Waals surface area contributed by atoms with Gasteiger partial charge in [0, 0.05) is 6.07 Å². The molecule has 0 radical (unpaired) electrons. The lowest BCUT2D eigenvalue weighted by atomic mass is 10.1. The van der Waals surface area contributed by atoms with E-state index in [1.54, 1.807) is 24.3 Å². The highest BCUT2D eigenvalue weighted by atomic mass is 16.4. The topological polar surface area (TPSA) is 117 Å². The van der Waals surface area contributed by atoms with Crippen LogP contribution in [-0.4, -0.2) is 34.2 Å². The zero-order valence-corrected chi connectivity index (χ0v) is 11.1. The van der Waals surface area contributed by atoms with E-state index in [0.29, 0.717) is 5.39 Å². The molecule has 0 spiro atoms. The van der Waals surface area contributed by atoms with Gasteiger partial charge in [-0.15, -0.1) is 0 Å². The highest BCUT2D eigenvalue weighted by Crippen LogP contribution is 2.11. The molecule has 1 unspecified atom stereocenters. The van der Waals surface area contributed by atoms with Gasteiger partial charge in [0.05, 0.1) is 11.9 Å². The van der Waals surface area contributed by atoms with Crippen molar-refractivity contribution in [2.75, 3.05) is 6.54 Å². The molecule has 1 aromatic carbocycles. The van der Waals surface area contributed by atoms with Gasteiger partial charge in [0.2, 0.25) is 0 Å². The van der Waals surface area contributed by atoms with Crippen LogP contribution in [0.1, 0.15) is 17.5 Å². The van der Waals surface area contributed by atoms with Crippen LogP contribution in [-0.2, 0) is 4.79 Å². The number of benzene rings is 1. The van der Waals surface area contributed by atoms with Gasteiger partial charge >= 0.3 is 5.97 Å². The number of aliphatic carboxylic acids is 1. The van der Waals surface area contributed by atoms with E-state index in [2.05, 4.69) is 5.32 Å². The summed E-state index contributed by atoms with van der Waals surface area (Å²) in [6.07, 6.45) is 0. The molecule has 1 aromatic heterocycles. The Morgan fingerprint density at radius 1 is 1.33 bits per heavy atom. The smallest absolute Gasteiger partial charge is 0.337 e. The maximum Gasteiger partial charge on any atom is 0.337 e. The largest absolute Gasteiger partial charge is 0.479 e. The van der Waals surface area contributed by atoms with Gasteiger partial charge in [0.1, 0.15) is 5.58 Å². The van der Waals surface area contributed by atoms with Crippen LogP contribution in [0.2, 0.25) is 0 Å². The highest BCUT2D eigenvalue weighted by Gasteiger charge is 2.30.